The average Bonchev–Trinajstić information content (AvgIpc) is 3.06. The van der Waals surface area contributed by atoms with Crippen LogP contribution in [0.4, 0.5) is 0 Å². The Bertz CT molecular complexity index is 533. The van der Waals surface area contributed by atoms with Crippen molar-refractivity contribution in [2.45, 2.75) is 19.3 Å². The molecule has 2 fully saturated rings. The number of ether oxygens (including phenoxy) is 1. The standard InChI is InChI=1S/C17H22Cl2N2O2/c18-14-7-15(19)9-16(8-14)23-11-12-2-5-21(6-3-12)17(22)13-1-4-20-10-13/h7-9,12-13,20H,1-6,10-11H2. The molecule has 0 radical (unpaired) electrons. The van der Waals surface area contributed by atoms with Gasteiger partial charge < -0.3 is 15.0 Å². The molecule has 0 aromatic heterocycles. The maximum atomic E-state index is 12.4. The fraction of sp³-hybridized carbons (Fsp3) is 0.588. The second kappa shape index (κ2) is 7.73. The third-order valence-electron chi connectivity index (χ3n) is 4.66. The summed E-state index contributed by atoms with van der Waals surface area (Å²) in [7, 11) is 0. The van der Waals surface area contributed by atoms with E-state index in [2.05, 4.69) is 5.32 Å². The van der Waals surface area contributed by atoms with Gasteiger partial charge in [0.15, 0.2) is 0 Å². The lowest BCUT2D eigenvalue weighted by molar-refractivity contribution is -0.136. The third kappa shape index (κ3) is 4.52. The number of hydrogen-bond donors (Lipinski definition) is 1. The van der Waals surface area contributed by atoms with E-state index in [1.54, 1.807) is 18.2 Å². The number of benzene rings is 1. The van der Waals surface area contributed by atoms with Crippen LogP contribution in [0.5, 0.6) is 5.75 Å². The molecule has 1 atom stereocenters. The zero-order chi connectivity index (χ0) is 16.2. The number of carbonyl (C=O) groups is 1. The zero-order valence-electron chi connectivity index (χ0n) is 13.1. The van der Waals surface area contributed by atoms with Crippen LogP contribution in [-0.4, -0.2) is 43.6 Å². The molecule has 1 N–H and O–H groups in total. The van der Waals surface area contributed by atoms with Crippen molar-refractivity contribution in [2.75, 3.05) is 32.8 Å². The first-order valence-electron chi connectivity index (χ1n) is 8.20. The van der Waals surface area contributed by atoms with Crippen LogP contribution in [0.2, 0.25) is 10.0 Å². The van der Waals surface area contributed by atoms with Crippen LogP contribution < -0.4 is 10.1 Å². The van der Waals surface area contributed by atoms with Crippen LogP contribution in [0.25, 0.3) is 0 Å². The van der Waals surface area contributed by atoms with Crippen molar-refractivity contribution >= 4 is 29.1 Å². The Hall–Kier alpha value is -0.970. The minimum absolute atomic E-state index is 0.177. The fourth-order valence-electron chi connectivity index (χ4n) is 3.27. The molecular formula is C17H22Cl2N2O2. The van der Waals surface area contributed by atoms with E-state index >= 15 is 0 Å². The van der Waals surface area contributed by atoms with Crippen molar-refractivity contribution in [3.8, 4) is 5.75 Å². The van der Waals surface area contributed by atoms with Gasteiger partial charge in [-0.25, -0.2) is 0 Å². The maximum absolute atomic E-state index is 12.4. The van der Waals surface area contributed by atoms with Gasteiger partial charge in [-0.3, -0.25) is 4.79 Å². The largest absolute Gasteiger partial charge is 0.493 e. The van der Waals surface area contributed by atoms with Gasteiger partial charge in [0.2, 0.25) is 5.91 Å². The molecule has 0 saturated carbocycles. The highest BCUT2D eigenvalue weighted by molar-refractivity contribution is 6.34. The first kappa shape index (κ1) is 16.9. The SMILES string of the molecule is O=C(C1CCNC1)N1CCC(COc2cc(Cl)cc(Cl)c2)CC1. The van der Waals surface area contributed by atoms with E-state index in [9.17, 15) is 4.79 Å². The lowest BCUT2D eigenvalue weighted by Gasteiger charge is -2.33. The monoisotopic (exact) mass is 356 g/mol. The molecule has 2 saturated heterocycles. The molecule has 1 amide bonds. The Labute approximate surface area is 147 Å². The van der Waals surface area contributed by atoms with E-state index in [-0.39, 0.29) is 5.92 Å². The molecule has 1 aromatic rings. The van der Waals surface area contributed by atoms with Crippen LogP contribution in [0.1, 0.15) is 19.3 Å². The summed E-state index contributed by atoms with van der Waals surface area (Å²) >= 11 is 11.9. The van der Waals surface area contributed by atoms with E-state index in [4.69, 9.17) is 27.9 Å². The summed E-state index contributed by atoms with van der Waals surface area (Å²) in [5, 5.41) is 4.42. The molecule has 0 aliphatic carbocycles. The topological polar surface area (TPSA) is 41.6 Å². The summed E-state index contributed by atoms with van der Waals surface area (Å²) in [4.78, 5) is 14.4. The molecule has 1 aromatic carbocycles. The average molecular weight is 357 g/mol. The van der Waals surface area contributed by atoms with Gasteiger partial charge in [-0.1, -0.05) is 23.2 Å². The molecule has 0 bridgehead atoms. The van der Waals surface area contributed by atoms with Gasteiger partial charge in [-0.05, 0) is 49.9 Å². The van der Waals surface area contributed by atoms with E-state index in [1.165, 1.54) is 0 Å². The highest BCUT2D eigenvalue weighted by atomic mass is 35.5. The number of nitrogens with one attached hydrogen (secondary N) is 1. The molecular weight excluding hydrogens is 335 g/mol. The first-order chi connectivity index (χ1) is 11.1. The molecule has 2 aliphatic heterocycles. The molecule has 2 heterocycles. The third-order valence-corrected chi connectivity index (χ3v) is 5.09. The maximum Gasteiger partial charge on any atom is 0.227 e. The number of rotatable bonds is 4. The minimum atomic E-state index is 0.177. The van der Waals surface area contributed by atoms with Crippen LogP contribution in [0.3, 0.4) is 0 Å². The van der Waals surface area contributed by atoms with Gasteiger partial charge in [-0.2, -0.15) is 0 Å². The quantitative estimate of drug-likeness (QED) is 0.900. The summed E-state index contributed by atoms with van der Waals surface area (Å²) in [5.41, 5.74) is 0. The number of hydrogen-bond acceptors (Lipinski definition) is 3. The summed E-state index contributed by atoms with van der Waals surface area (Å²) < 4.78 is 5.82. The lowest BCUT2D eigenvalue weighted by atomic mass is 9.96. The van der Waals surface area contributed by atoms with E-state index in [0.717, 1.165) is 45.4 Å². The van der Waals surface area contributed by atoms with Crippen LogP contribution >= 0.6 is 23.2 Å². The number of likely N-dealkylation sites (tertiary alicyclic amines) is 1. The van der Waals surface area contributed by atoms with Crippen LogP contribution in [0, 0.1) is 11.8 Å². The Balaban J connectivity index is 1.44. The summed E-state index contributed by atoms with van der Waals surface area (Å²) in [6.07, 6.45) is 2.94. The first-order valence-corrected chi connectivity index (χ1v) is 8.96. The highest BCUT2D eigenvalue weighted by Crippen LogP contribution is 2.26. The highest BCUT2D eigenvalue weighted by Gasteiger charge is 2.30. The smallest absolute Gasteiger partial charge is 0.227 e. The molecule has 0 spiro atoms. The van der Waals surface area contributed by atoms with Crippen molar-refractivity contribution in [3.05, 3.63) is 28.2 Å². The predicted octanol–water partition coefficient (Wildman–Crippen LogP) is 3.22. The Kier molecular flexibility index (Phi) is 5.67. The second-order valence-corrected chi connectivity index (χ2v) is 7.25. The molecule has 4 nitrogen and oxygen atoms in total. The second-order valence-electron chi connectivity index (χ2n) is 6.37. The Morgan fingerprint density at radius 3 is 2.48 bits per heavy atom. The fourth-order valence-corrected chi connectivity index (χ4v) is 3.78. The summed E-state index contributed by atoms with van der Waals surface area (Å²) in [5.74, 6) is 1.67. The number of nitrogens with zero attached hydrogens (tertiary/aromatic N) is 1. The summed E-state index contributed by atoms with van der Waals surface area (Å²) in [6.45, 7) is 4.10. The van der Waals surface area contributed by atoms with Crippen molar-refractivity contribution in [1.29, 1.82) is 0 Å². The van der Waals surface area contributed by atoms with Gasteiger partial charge >= 0.3 is 0 Å². The number of amides is 1. The van der Waals surface area contributed by atoms with E-state index < -0.39 is 0 Å². The van der Waals surface area contributed by atoms with Gasteiger partial charge in [0, 0.05) is 29.7 Å². The van der Waals surface area contributed by atoms with Gasteiger partial charge in [0.05, 0.1) is 12.5 Å². The van der Waals surface area contributed by atoms with E-state index in [0.29, 0.717) is 34.2 Å². The zero-order valence-corrected chi connectivity index (χ0v) is 14.6. The number of piperidine rings is 1. The molecule has 6 heteroatoms. The minimum Gasteiger partial charge on any atom is -0.493 e. The Morgan fingerprint density at radius 2 is 1.87 bits per heavy atom. The number of carbonyl (C=O) groups excluding carboxylic acids is 1. The van der Waals surface area contributed by atoms with Crippen molar-refractivity contribution in [2.24, 2.45) is 11.8 Å². The number of halogens is 2. The predicted molar refractivity (Wildman–Crippen MR) is 92.2 cm³/mol. The lowest BCUT2D eigenvalue weighted by Crippen LogP contribution is -2.43. The molecule has 23 heavy (non-hydrogen) atoms. The molecule has 1 unspecified atom stereocenters. The van der Waals surface area contributed by atoms with Crippen molar-refractivity contribution in [3.63, 3.8) is 0 Å². The van der Waals surface area contributed by atoms with Crippen molar-refractivity contribution in [1.82, 2.24) is 10.2 Å². The summed E-state index contributed by atoms with van der Waals surface area (Å²) in [6, 6.07) is 5.25. The van der Waals surface area contributed by atoms with Crippen molar-refractivity contribution < 1.29 is 9.53 Å². The normalized spacial score (nSPS) is 22.3. The van der Waals surface area contributed by atoms with Gasteiger partial charge in [0.1, 0.15) is 5.75 Å². The van der Waals surface area contributed by atoms with Gasteiger partial charge in [0.25, 0.3) is 0 Å². The molecule has 2 aliphatic rings. The molecule has 3 rings (SSSR count). The van der Waals surface area contributed by atoms with E-state index in [1.807, 2.05) is 4.90 Å². The van der Waals surface area contributed by atoms with Crippen LogP contribution in [-0.2, 0) is 4.79 Å². The molecule has 126 valence electrons. The van der Waals surface area contributed by atoms with Gasteiger partial charge in [-0.15, -0.1) is 0 Å². The van der Waals surface area contributed by atoms with Crippen LogP contribution in [0.15, 0.2) is 18.2 Å². The Morgan fingerprint density at radius 1 is 1.17 bits per heavy atom.